The highest BCUT2D eigenvalue weighted by Gasteiger charge is 2.01. The van der Waals surface area contributed by atoms with Crippen molar-refractivity contribution in [2.75, 3.05) is 6.54 Å². The summed E-state index contributed by atoms with van der Waals surface area (Å²) in [6.45, 7) is 7.70. The van der Waals surface area contributed by atoms with Gasteiger partial charge < -0.3 is 5.32 Å². The van der Waals surface area contributed by atoms with Gasteiger partial charge in [0.2, 0.25) is 0 Å². The van der Waals surface area contributed by atoms with E-state index in [9.17, 15) is 0 Å². The molecule has 0 radical (unpaired) electrons. The van der Waals surface area contributed by atoms with Crippen molar-refractivity contribution in [2.45, 2.75) is 52.5 Å². The van der Waals surface area contributed by atoms with E-state index in [-0.39, 0.29) is 0 Å². The minimum atomic E-state index is 0.575. The van der Waals surface area contributed by atoms with Gasteiger partial charge in [0.25, 0.3) is 0 Å². The van der Waals surface area contributed by atoms with Crippen LogP contribution in [0.5, 0.6) is 0 Å². The van der Waals surface area contributed by atoms with Crippen LogP contribution < -0.4 is 5.32 Å². The smallest absolute Gasteiger partial charge is 0.00790 e. The Morgan fingerprint density at radius 1 is 1.06 bits per heavy atom. The van der Waals surface area contributed by atoms with E-state index in [0.717, 1.165) is 13.0 Å². The van der Waals surface area contributed by atoms with E-state index in [0.29, 0.717) is 6.04 Å². The highest BCUT2D eigenvalue weighted by Crippen LogP contribution is 2.09. The third-order valence-corrected chi connectivity index (χ3v) is 2.94. The predicted octanol–water partition coefficient (Wildman–Crippen LogP) is 3.57. The molecular formula is C15H25N. The molecule has 1 rings (SSSR count). The van der Waals surface area contributed by atoms with Crippen molar-refractivity contribution in [3.63, 3.8) is 0 Å². The van der Waals surface area contributed by atoms with Crippen molar-refractivity contribution >= 4 is 0 Å². The molecule has 1 aromatic carbocycles. The Bertz CT molecular complexity index is 276. The normalized spacial score (nSPS) is 12.7. The van der Waals surface area contributed by atoms with E-state index in [4.69, 9.17) is 0 Å². The van der Waals surface area contributed by atoms with E-state index in [1.54, 1.807) is 0 Å². The molecule has 1 N–H and O–H groups in total. The summed E-state index contributed by atoms with van der Waals surface area (Å²) in [4.78, 5) is 0. The van der Waals surface area contributed by atoms with E-state index in [1.165, 1.54) is 30.4 Å². The molecule has 1 unspecified atom stereocenters. The second kappa shape index (κ2) is 7.45. The molecule has 0 heterocycles. The van der Waals surface area contributed by atoms with Gasteiger partial charge in [-0.25, -0.2) is 0 Å². The van der Waals surface area contributed by atoms with Crippen LogP contribution in [0.25, 0.3) is 0 Å². The first-order chi connectivity index (χ1) is 7.76. The first kappa shape index (κ1) is 13.2. The maximum Gasteiger partial charge on any atom is 0.00790 e. The molecule has 1 heteroatoms. The Kier molecular flexibility index (Phi) is 6.17. The van der Waals surface area contributed by atoms with Crippen LogP contribution in [0.15, 0.2) is 24.3 Å². The van der Waals surface area contributed by atoms with Crippen LogP contribution in [-0.2, 0) is 12.8 Å². The van der Waals surface area contributed by atoms with E-state index >= 15 is 0 Å². The standard InChI is InChI=1S/C15H25N/c1-4-6-7-14-8-10-15(11-9-14)12-13(3)16-5-2/h8-11,13,16H,4-7,12H2,1-3H3. The molecule has 0 aliphatic heterocycles. The number of likely N-dealkylation sites (N-methyl/N-ethyl adjacent to an activating group) is 1. The van der Waals surface area contributed by atoms with Gasteiger partial charge in [-0.3, -0.25) is 0 Å². The van der Waals surface area contributed by atoms with Gasteiger partial charge in [0.1, 0.15) is 0 Å². The molecule has 0 saturated heterocycles. The molecule has 0 aromatic heterocycles. The Hall–Kier alpha value is -0.820. The SMILES string of the molecule is CCCCc1ccc(CC(C)NCC)cc1. The Morgan fingerprint density at radius 2 is 1.69 bits per heavy atom. The van der Waals surface area contributed by atoms with Gasteiger partial charge >= 0.3 is 0 Å². The zero-order chi connectivity index (χ0) is 11.8. The van der Waals surface area contributed by atoms with Gasteiger partial charge in [-0.15, -0.1) is 0 Å². The van der Waals surface area contributed by atoms with Crippen LogP contribution in [0.3, 0.4) is 0 Å². The minimum absolute atomic E-state index is 0.575. The van der Waals surface area contributed by atoms with Crippen molar-refractivity contribution in [1.82, 2.24) is 5.32 Å². The molecule has 0 aliphatic carbocycles. The van der Waals surface area contributed by atoms with Crippen LogP contribution in [-0.4, -0.2) is 12.6 Å². The van der Waals surface area contributed by atoms with Crippen LogP contribution in [0, 0.1) is 0 Å². The minimum Gasteiger partial charge on any atom is -0.314 e. The van der Waals surface area contributed by atoms with E-state index < -0.39 is 0 Å². The van der Waals surface area contributed by atoms with Crippen molar-refractivity contribution < 1.29 is 0 Å². The van der Waals surface area contributed by atoms with Crippen molar-refractivity contribution in [3.8, 4) is 0 Å². The van der Waals surface area contributed by atoms with Crippen LogP contribution >= 0.6 is 0 Å². The summed E-state index contributed by atoms with van der Waals surface area (Å²) >= 11 is 0. The third kappa shape index (κ3) is 4.80. The predicted molar refractivity (Wildman–Crippen MR) is 71.9 cm³/mol. The quantitative estimate of drug-likeness (QED) is 0.739. The Morgan fingerprint density at radius 3 is 2.25 bits per heavy atom. The number of benzene rings is 1. The van der Waals surface area contributed by atoms with Gasteiger partial charge in [0.05, 0.1) is 0 Å². The zero-order valence-corrected chi connectivity index (χ0v) is 10.9. The Balaban J connectivity index is 2.44. The fourth-order valence-electron chi connectivity index (χ4n) is 2.00. The summed E-state index contributed by atoms with van der Waals surface area (Å²) < 4.78 is 0. The average Bonchev–Trinajstić information content (AvgIpc) is 2.28. The maximum absolute atomic E-state index is 3.44. The molecule has 0 fully saturated rings. The lowest BCUT2D eigenvalue weighted by atomic mass is 10.0. The molecule has 1 aromatic rings. The summed E-state index contributed by atoms with van der Waals surface area (Å²) in [6, 6.07) is 9.69. The van der Waals surface area contributed by atoms with Gasteiger partial charge in [-0.05, 0) is 43.9 Å². The lowest BCUT2D eigenvalue weighted by molar-refractivity contribution is 0.565. The number of aryl methyl sites for hydroxylation is 1. The highest BCUT2D eigenvalue weighted by atomic mass is 14.9. The zero-order valence-electron chi connectivity index (χ0n) is 10.9. The number of nitrogens with one attached hydrogen (secondary N) is 1. The van der Waals surface area contributed by atoms with Gasteiger partial charge in [-0.2, -0.15) is 0 Å². The molecule has 90 valence electrons. The molecule has 16 heavy (non-hydrogen) atoms. The van der Waals surface area contributed by atoms with Crippen LogP contribution in [0.2, 0.25) is 0 Å². The van der Waals surface area contributed by atoms with E-state index in [2.05, 4.69) is 50.4 Å². The second-order valence-corrected chi connectivity index (χ2v) is 4.58. The molecular weight excluding hydrogens is 194 g/mol. The molecule has 1 nitrogen and oxygen atoms in total. The number of rotatable bonds is 7. The second-order valence-electron chi connectivity index (χ2n) is 4.58. The third-order valence-electron chi connectivity index (χ3n) is 2.94. The lowest BCUT2D eigenvalue weighted by Gasteiger charge is -2.12. The number of hydrogen-bond acceptors (Lipinski definition) is 1. The van der Waals surface area contributed by atoms with Gasteiger partial charge in [0.15, 0.2) is 0 Å². The summed E-state index contributed by atoms with van der Waals surface area (Å²) in [6.07, 6.45) is 4.92. The number of unbranched alkanes of at least 4 members (excludes halogenated alkanes) is 1. The van der Waals surface area contributed by atoms with Crippen molar-refractivity contribution in [2.24, 2.45) is 0 Å². The molecule has 1 atom stereocenters. The monoisotopic (exact) mass is 219 g/mol. The van der Waals surface area contributed by atoms with Gasteiger partial charge in [0, 0.05) is 6.04 Å². The van der Waals surface area contributed by atoms with Crippen LogP contribution in [0.1, 0.15) is 44.7 Å². The topological polar surface area (TPSA) is 12.0 Å². The van der Waals surface area contributed by atoms with Crippen molar-refractivity contribution in [3.05, 3.63) is 35.4 Å². The molecule has 0 amide bonds. The largest absolute Gasteiger partial charge is 0.314 e. The summed E-state index contributed by atoms with van der Waals surface area (Å²) in [5, 5.41) is 3.44. The summed E-state index contributed by atoms with van der Waals surface area (Å²) in [7, 11) is 0. The first-order valence-corrected chi connectivity index (χ1v) is 6.57. The fourth-order valence-corrected chi connectivity index (χ4v) is 2.00. The first-order valence-electron chi connectivity index (χ1n) is 6.57. The molecule has 0 spiro atoms. The maximum atomic E-state index is 3.44. The molecule has 0 bridgehead atoms. The van der Waals surface area contributed by atoms with Crippen LogP contribution in [0.4, 0.5) is 0 Å². The summed E-state index contributed by atoms with van der Waals surface area (Å²) in [5.41, 5.74) is 2.91. The van der Waals surface area contributed by atoms with Gasteiger partial charge in [-0.1, -0.05) is 44.5 Å². The lowest BCUT2D eigenvalue weighted by Crippen LogP contribution is -2.27. The number of hydrogen-bond donors (Lipinski definition) is 1. The molecule has 0 saturated carbocycles. The molecule has 0 aliphatic rings. The average molecular weight is 219 g/mol. The highest BCUT2D eigenvalue weighted by molar-refractivity contribution is 5.23. The fraction of sp³-hybridized carbons (Fsp3) is 0.600. The Labute approximate surface area is 100 Å². The summed E-state index contributed by atoms with van der Waals surface area (Å²) in [5.74, 6) is 0. The van der Waals surface area contributed by atoms with E-state index in [1.807, 2.05) is 0 Å². The van der Waals surface area contributed by atoms with Crippen molar-refractivity contribution in [1.29, 1.82) is 0 Å².